The molecular formula is C19H17FN6O. The number of H-pyrrole nitrogens is 1. The number of rotatable bonds is 5. The number of benzene rings is 1. The highest BCUT2D eigenvalue weighted by Gasteiger charge is 2.14. The summed E-state index contributed by atoms with van der Waals surface area (Å²) >= 11 is 0. The first-order valence-electron chi connectivity index (χ1n) is 8.47. The van der Waals surface area contributed by atoms with Gasteiger partial charge in [-0.15, -0.1) is 10.2 Å². The maximum absolute atomic E-state index is 13.1. The number of nitrogens with zero attached hydrogens (tertiary/aromatic N) is 4. The quantitative estimate of drug-likeness (QED) is 0.566. The number of fused-ring (bicyclic) bond motifs is 1. The Kier molecular flexibility index (Phi) is 4.37. The van der Waals surface area contributed by atoms with Crippen LogP contribution in [0, 0.1) is 0 Å². The van der Waals surface area contributed by atoms with Crippen molar-refractivity contribution in [2.45, 2.75) is 13.0 Å². The van der Waals surface area contributed by atoms with Crippen LogP contribution in [0.25, 0.3) is 22.4 Å². The normalized spacial score (nSPS) is 12.2. The fourth-order valence-electron chi connectivity index (χ4n) is 2.92. The van der Waals surface area contributed by atoms with E-state index >= 15 is 0 Å². The van der Waals surface area contributed by atoms with Gasteiger partial charge >= 0.3 is 0 Å². The third-order valence-electron chi connectivity index (χ3n) is 4.30. The van der Waals surface area contributed by atoms with Crippen molar-refractivity contribution in [1.82, 2.24) is 24.7 Å². The van der Waals surface area contributed by atoms with Crippen LogP contribution in [0.5, 0.6) is 0 Å². The van der Waals surface area contributed by atoms with E-state index in [9.17, 15) is 9.18 Å². The molecule has 0 spiro atoms. The minimum Gasteiger partial charge on any atom is -0.361 e. The second kappa shape index (κ2) is 6.99. The molecule has 4 rings (SSSR count). The molecule has 0 saturated heterocycles. The van der Waals surface area contributed by atoms with Gasteiger partial charge in [0.1, 0.15) is 24.5 Å². The second-order valence-electron chi connectivity index (χ2n) is 6.17. The van der Waals surface area contributed by atoms with E-state index < -0.39 is 6.67 Å². The molecule has 0 radical (unpaired) electrons. The molecule has 1 aromatic carbocycles. The second-order valence-corrected chi connectivity index (χ2v) is 6.17. The van der Waals surface area contributed by atoms with E-state index in [0.717, 1.165) is 5.52 Å². The summed E-state index contributed by atoms with van der Waals surface area (Å²) in [4.78, 5) is 19.9. The van der Waals surface area contributed by atoms with E-state index in [1.165, 1.54) is 12.4 Å². The van der Waals surface area contributed by atoms with Gasteiger partial charge in [-0.1, -0.05) is 12.1 Å². The molecule has 2 N–H and O–H groups in total. The number of anilines is 2. The van der Waals surface area contributed by atoms with Crippen LogP contribution >= 0.6 is 0 Å². The van der Waals surface area contributed by atoms with Gasteiger partial charge in [0, 0.05) is 12.3 Å². The summed E-state index contributed by atoms with van der Waals surface area (Å²) in [6.07, 6.45) is 3.11. The summed E-state index contributed by atoms with van der Waals surface area (Å²) in [7, 11) is 0. The van der Waals surface area contributed by atoms with E-state index in [0.29, 0.717) is 28.4 Å². The molecule has 0 amide bonds. The summed E-state index contributed by atoms with van der Waals surface area (Å²) in [6.45, 7) is 1.22. The Hall–Kier alpha value is -3.55. The van der Waals surface area contributed by atoms with Gasteiger partial charge in [-0.25, -0.2) is 9.37 Å². The van der Waals surface area contributed by atoms with Gasteiger partial charge < -0.3 is 14.9 Å². The maximum Gasteiger partial charge on any atom is 0.191 e. The molecule has 4 aromatic rings. The largest absolute Gasteiger partial charge is 0.361 e. The molecule has 0 aliphatic carbocycles. The third kappa shape index (κ3) is 3.17. The highest BCUT2D eigenvalue weighted by atomic mass is 19.1. The van der Waals surface area contributed by atoms with Crippen LogP contribution in [0.1, 0.15) is 13.0 Å². The molecule has 0 saturated carbocycles. The Labute approximate surface area is 153 Å². The number of hydrogen-bond donors (Lipinski definition) is 2. The summed E-state index contributed by atoms with van der Waals surface area (Å²) in [5.74, 6) is 1.03. The predicted molar refractivity (Wildman–Crippen MR) is 102 cm³/mol. The van der Waals surface area contributed by atoms with Crippen molar-refractivity contribution in [2.24, 2.45) is 0 Å². The van der Waals surface area contributed by atoms with Crippen molar-refractivity contribution in [3.8, 4) is 11.5 Å². The first kappa shape index (κ1) is 16.9. The molecule has 3 aromatic heterocycles. The van der Waals surface area contributed by atoms with E-state index in [4.69, 9.17) is 0 Å². The zero-order valence-electron chi connectivity index (χ0n) is 14.6. The summed E-state index contributed by atoms with van der Waals surface area (Å²) in [6, 6.07) is 12.0. The zero-order chi connectivity index (χ0) is 18.8. The molecule has 0 bridgehead atoms. The maximum atomic E-state index is 13.1. The van der Waals surface area contributed by atoms with Gasteiger partial charge in [0.2, 0.25) is 0 Å². The van der Waals surface area contributed by atoms with E-state index in [1.54, 1.807) is 29.8 Å². The topological polar surface area (TPSA) is 88.5 Å². The number of aromatic amines is 1. The average molecular weight is 364 g/mol. The Morgan fingerprint density at radius 2 is 2.07 bits per heavy atom. The van der Waals surface area contributed by atoms with Gasteiger partial charge in [0.25, 0.3) is 0 Å². The molecule has 8 heteroatoms. The molecule has 27 heavy (non-hydrogen) atoms. The van der Waals surface area contributed by atoms with Crippen molar-refractivity contribution >= 4 is 22.4 Å². The first-order chi connectivity index (χ1) is 13.2. The highest BCUT2D eigenvalue weighted by Crippen LogP contribution is 2.24. The lowest BCUT2D eigenvalue weighted by molar-refractivity contribution is 0.378. The van der Waals surface area contributed by atoms with Crippen LogP contribution in [0.4, 0.5) is 15.9 Å². The van der Waals surface area contributed by atoms with Crippen LogP contribution in [-0.4, -0.2) is 31.4 Å². The molecule has 1 unspecified atom stereocenters. The van der Waals surface area contributed by atoms with E-state index in [-0.39, 0.29) is 11.5 Å². The SMILES string of the molecule is CC(CF)n1cnnc1-c1cccc(Nc2cccc3[nH]ccc(=O)c23)n1. The first-order valence-corrected chi connectivity index (χ1v) is 8.47. The molecule has 0 aliphatic heterocycles. The number of nitrogens with one attached hydrogen (secondary N) is 2. The lowest BCUT2D eigenvalue weighted by Crippen LogP contribution is -2.09. The lowest BCUT2D eigenvalue weighted by Gasteiger charge is -2.12. The Balaban J connectivity index is 1.73. The minimum atomic E-state index is -0.526. The fraction of sp³-hybridized carbons (Fsp3) is 0.158. The smallest absolute Gasteiger partial charge is 0.191 e. The van der Waals surface area contributed by atoms with Gasteiger partial charge in [0.15, 0.2) is 11.3 Å². The standard InChI is InChI=1S/C19H17FN6O/c1-12(10-20)26-11-22-25-19(26)15-6-3-7-17(24-15)23-14-5-2-4-13-18(14)16(27)8-9-21-13/h2-9,11-12H,10H2,1H3,(H,21,27)(H,23,24). The van der Waals surface area contributed by atoms with Gasteiger partial charge in [-0.05, 0) is 31.2 Å². The van der Waals surface area contributed by atoms with Gasteiger partial charge in [-0.2, -0.15) is 0 Å². The number of pyridine rings is 2. The summed E-state index contributed by atoms with van der Waals surface area (Å²) in [5.41, 5.74) is 1.87. The average Bonchev–Trinajstić information content (AvgIpc) is 3.18. The van der Waals surface area contributed by atoms with Crippen LogP contribution in [0.2, 0.25) is 0 Å². The predicted octanol–water partition coefficient (Wildman–Crippen LogP) is 3.46. The number of halogens is 1. The van der Waals surface area contributed by atoms with E-state index in [1.807, 2.05) is 24.3 Å². The van der Waals surface area contributed by atoms with E-state index in [2.05, 4.69) is 25.5 Å². The van der Waals surface area contributed by atoms with Crippen molar-refractivity contribution < 1.29 is 4.39 Å². The molecule has 0 aliphatic rings. The molecule has 1 atom stereocenters. The minimum absolute atomic E-state index is 0.0838. The van der Waals surface area contributed by atoms with Crippen molar-refractivity contribution in [1.29, 1.82) is 0 Å². The van der Waals surface area contributed by atoms with Crippen molar-refractivity contribution in [3.63, 3.8) is 0 Å². The molecule has 3 heterocycles. The Morgan fingerprint density at radius 1 is 1.22 bits per heavy atom. The Morgan fingerprint density at radius 3 is 2.93 bits per heavy atom. The summed E-state index contributed by atoms with van der Waals surface area (Å²) in [5, 5.41) is 11.7. The number of alkyl halides is 1. The lowest BCUT2D eigenvalue weighted by atomic mass is 10.1. The van der Waals surface area contributed by atoms with Crippen LogP contribution in [-0.2, 0) is 0 Å². The van der Waals surface area contributed by atoms with Gasteiger partial charge in [-0.3, -0.25) is 4.79 Å². The molecule has 136 valence electrons. The van der Waals surface area contributed by atoms with Gasteiger partial charge in [0.05, 0.1) is 22.6 Å². The highest BCUT2D eigenvalue weighted by molar-refractivity contribution is 5.92. The van der Waals surface area contributed by atoms with Crippen molar-refractivity contribution in [3.05, 3.63) is 65.2 Å². The van der Waals surface area contributed by atoms with Crippen molar-refractivity contribution in [2.75, 3.05) is 12.0 Å². The zero-order valence-corrected chi connectivity index (χ0v) is 14.6. The van der Waals surface area contributed by atoms with Crippen LogP contribution in [0.3, 0.4) is 0 Å². The number of hydrogen-bond acceptors (Lipinski definition) is 5. The third-order valence-corrected chi connectivity index (χ3v) is 4.30. The summed E-state index contributed by atoms with van der Waals surface area (Å²) < 4.78 is 14.7. The monoisotopic (exact) mass is 364 g/mol. The Bertz CT molecular complexity index is 1150. The van der Waals surface area contributed by atoms with Crippen LogP contribution < -0.4 is 10.7 Å². The molecule has 0 fully saturated rings. The molecular weight excluding hydrogens is 347 g/mol. The van der Waals surface area contributed by atoms with Crippen LogP contribution in [0.15, 0.2) is 59.8 Å². The number of aromatic nitrogens is 5. The fourth-order valence-corrected chi connectivity index (χ4v) is 2.92. The molecule has 7 nitrogen and oxygen atoms in total.